The maximum atomic E-state index is 13.2. The third-order valence-corrected chi connectivity index (χ3v) is 6.35. The molecule has 0 saturated heterocycles. The Balaban J connectivity index is 1.47. The van der Waals surface area contributed by atoms with E-state index in [1.165, 1.54) is 0 Å². The van der Waals surface area contributed by atoms with Gasteiger partial charge in [-0.3, -0.25) is 4.79 Å². The zero-order valence-corrected chi connectivity index (χ0v) is 23.1. The lowest BCUT2D eigenvalue weighted by Crippen LogP contribution is -2.33. The van der Waals surface area contributed by atoms with Gasteiger partial charge in [0.15, 0.2) is 23.0 Å². The number of hydrogen-bond donors (Lipinski definition) is 0. The Labute approximate surface area is 233 Å². The van der Waals surface area contributed by atoms with Crippen LogP contribution in [0, 0.1) is 0 Å². The van der Waals surface area contributed by atoms with Crippen LogP contribution in [0.5, 0.6) is 23.0 Å². The van der Waals surface area contributed by atoms with Crippen molar-refractivity contribution in [2.75, 3.05) is 41.5 Å². The second-order valence-corrected chi connectivity index (χ2v) is 8.84. The lowest BCUT2D eigenvalue weighted by molar-refractivity contribution is -0.126. The van der Waals surface area contributed by atoms with E-state index in [-0.39, 0.29) is 5.91 Å². The SMILES string of the molecule is COc1ccc(CCN(CCc2nc(-c3ccc(OC)c(OC)c3)no2)C(=O)/C=C/c2ccccc2)cc1OC. The number of amides is 1. The van der Waals surface area contributed by atoms with Crippen LogP contribution in [0.15, 0.2) is 77.3 Å². The summed E-state index contributed by atoms with van der Waals surface area (Å²) in [6.07, 6.45) is 4.43. The molecule has 0 aliphatic heterocycles. The van der Waals surface area contributed by atoms with Gasteiger partial charge in [0.1, 0.15) is 0 Å². The van der Waals surface area contributed by atoms with E-state index in [1.807, 2.05) is 60.7 Å². The van der Waals surface area contributed by atoms with E-state index in [9.17, 15) is 4.79 Å². The molecule has 9 heteroatoms. The Hall–Kier alpha value is -4.79. The van der Waals surface area contributed by atoms with Crippen molar-refractivity contribution in [3.63, 3.8) is 0 Å². The van der Waals surface area contributed by atoms with Gasteiger partial charge >= 0.3 is 0 Å². The average molecular weight is 544 g/mol. The third-order valence-electron chi connectivity index (χ3n) is 6.35. The Kier molecular flexibility index (Phi) is 9.77. The van der Waals surface area contributed by atoms with Gasteiger partial charge in [0.05, 0.1) is 28.4 Å². The smallest absolute Gasteiger partial charge is 0.246 e. The molecule has 4 rings (SSSR count). The first-order chi connectivity index (χ1) is 19.5. The fraction of sp³-hybridized carbons (Fsp3) is 0.258. The molecule has 1 amide bonds. The summed E-state index contributed by atoms with van der Waals surface area (Å²) in [5, 5.41) is 4.12. The molecule has 0 aliphatic rings. The van der Waals surface area contributed by atoms with E-state index < -0.39 is 0 Å². The number of nitrogens with zero attached hydrogens (tertiary/aromatic N) is 3. The van der Waals surface area contributed by atoms with Crippen LogP contribution >= 0.6 is 0 Å². The fourth-order valence-electron chi connectivity index (χ4n) is 4.15. The fourth-order valence-corrected chi connectivity index (χ4v) is 4.15. The minimum absolute atomic E-state index is 0.107. The first-order valence-corrected chi connectivity index (χ1v) is 12.8. The minimum Gasteiger partial charge on any atom is -0.493 e. The van der Waals surface area contributed by atoms with Crippen molar-refractivity contribution in [3.05, 3.63) is 89.8 Å². The Bertz CT molecular complexity index is 1430. The van der Waals surface area contributed by atoms with E-state index in [0.717, 1.165) is 16.7 Å². The monoisotopic (exact) mass is 543 g/mol. The maximum absolute atomic E-state index is 13.2. The van der Waals surface area contributed by atoms with E-state index in [1.54, 1.807) is 51.5 Å². The summed E-state index contributed by atoms with van der Waals surface area (Å²) in [5.41, 5.74) is 2.71. The van der Waals surface area contributed by atoms with Crippen LogP contribution in [0.25, 0.3) is 17.5 Å². The van der Waals surface area contributed by atoms with Crippen LogP contribution in [0.2, 0.25) is 0 Å². The van der Waals surface area contributed by atoms with Crippen molar-refractivity contribution in [1.82, 2.24) is 15.0 Å². The standard InChI is InChI=1S/C31H33N3O6/c1-36-25-13-10-23(20-27(25)38-3)16-18-34(30(35)15-11-22-8-6-5-7-9-22)19-17-29-32-31(33-40-29)24-12-14-26(37-2)28(21-24)39-4/h5-15,20-21H,16-19H2,1-4H3/b15-11+. The predicted molar refractivity (Wildman–Crippen MR) is 152 cm³/mol. The van der Waals surface area contributed by atoms with Crippen LogP contribution in [0.1, 0.15) is 17.0 Å². The number of aromatic nitrogens is 2. The molecule has 0 aliphatic carbocycles. The number of hydrogen-bond acceptors (Lipinski definition) is 8. The number of carbonyl (C=O) groups excluding carboxylic acids is 1. The highest BCUT2D eigenvalue weighted by Crippen LogP contribution is 2.31. The van der Waals surface area contributed by atoms with Crippen LogP contribution in [0.3, 0.4) is 0 Å². The summed E-state index contributed by atoms with van der Waals surface area (Å²) >= 11 is 0. The van der Waals surface area contributed by atoms with Crippen molar-refractivity contribution in [3.8, 4) is 34.4 Å². The van der Waals surface area contributed by atoms with Gasteiger partial charge in [0.2, 0.25) is 17.6 Å². The molecule has 0 unspecified atom stereocenters. The summed E-state index contributed by atoms with van der Waals surface area (Å²) in [4.78, 5) is 19.6. The molecule has 0 atom stereocenters. The van der Waals surface area contributed by atoms with E-state index >= 15 is 0 Å². The Morgan fingerprint density at radius 1 is 0.800 bits per heavy atom. The van der Waals surface area contributed by atoms with Gasteiger partial charge in [0.25, 0.3) is 0 Å². The van der Waals surface area contributed by atoms with Gasteiger partial charge in [-0.2, -0.15) is 4.98 Å². The molecule has 3 aromatic carbocycles. The van der Waals surface area contributed by atoms with Crippen molar-refractivity contribution in [2.24, 2.45) is 0 Å². The number of benzene rings is 3. The number of rotatable bonds is 13. The van der Waals surface area contributed by atoms with Gasteiger partial charge < -0.3 is 28.4 Å². The molecule has 0 bridgehead atoms. The molecule has 1 heterocycles. The Morgan fingerprint density at radius 2 is 1.45 bits per heavy atom. The molecular weight excluding hydrogens is 510 g/mol. The zero-order valence-electron chi connectivity index (χ0n) is 23.1. The van der Waals surface area contributed by atoms with Crippen molar-refractivity contribution < 1.29 is 28.3 Å². The summed E-state index contributed by atoms with van der Waals surface area (Å²) in [6, 6.07) is 20.9. The highest BCUT2D eigenvalue weighted by Gasteiger charge is 2.16. The molecule has 0 fully saturated rings. The average Bonchev–Trinajstić information content (AvgIpc) is 3.49. The van der Waals surface area contributed by atoms with E-state index in [2.05, 4.69) is 10.1 Å². The first-order valence-electron chi connectivity index (χ1n) is 12.8. The molecule has 0 radical (unpaired) electrons. The molecule has 9 nitrogen and oxygen atoms in total. The molecule has 40 heavy (non-hydrogen) atoms. The quantitative estimate of drug-likeness (QED) is 0.215. The lowest BCUT2D eigenvalue weighted by Gasteiger charge is -2.21. The first kappa shape index (κ1) is 28.2. The number of carbonyl (C=O) groups is 1. The molecule has 208 valence electrons. The van der Waals surface area contributed by atoms with Gasteiger partial charge in [-0.25, -0.2) is 0 Å². The topological polar surface area (TPSA) is 96.2 Å². The molecular formula is C31H33N3O6. The minimum atomic E-state index is -0.107. The molecule has 0 saturated carbocycles. The van der Waals surface area contributed by atoms with Crippen LogP contribution in [-0.2, 0) is 17.6 Å². The third kappa shape index (κ3) is 7.19. The largest absolute Gasteiger partial charge is 0.493 e. The van der Waals surface area contributed by atoms with Gasteiger partial charge in [-0.05, 0) is 54.0 Å². The van der Waals surface area contributed by atoms with Crippen molar-refractivity contribution in [1.29, 1.82) is 0 Å². The van der Waals surface area contributed by atoms with Gasteiger partial charge in [0, 0.05) is 31.1 Å². The van der Waals surface area contributed by atoms with Crippen molar-refractivity contribution in [2.45, 2.75) is 12.8 Å². The summed E-state index contributed by atoms with van der Waals surface area (Å²) in [7, 11) is 6.36. The molecule has 0 spiro atoms. The second-order valence-electron chi connectivity index (χ2n) is 8.84. The summed E-state index contributed by atoms with van der Waals surface area (Å²) < 4.78 is 27.0. The van der Waals surface area contributed by atoms with E-state index in [0.29, 0.717) is 60.6 Å². The lowest BCUT2D eigenvalue weighted by atomic mass is 10.1. The highest BCUT2D eigenvalue weighted by molar-refractivity contribution is 5.91. The normalized spacial score (nSPS) is 10.9. The molecule has 1 aromatic heterocycles. The van der Waals surface area contributed by atoms with Crippen molar-refractivity contribution >= 4 is 12.0 Å². The summed E-state index contributed by atoms with van der Waals surface area (Å²) in [6.45, 7) is 0.892. The molecule has 0 N–H and O–H groups in total. The Morgan fingerprint density at radius 3 is 2.15 bits per heavy atom. The second kappa shape index (κ2) is 13.8. The summed E-state index contributed by atoms with van der Waals surface area (Å²) in [5.74, 6) is 3.25. The number of ether oxygens (including phenoxy) is 4. The van der Waals surface area contributed by atoms with Crippen LogP contribution < -0.4 is 18.9 Å². The van der Waals surface area contributed by atoms with Gasteiger partial charge in [-0.15, -0.1) is 0 Å². The number of methoxy groups -OCH3 is 4. The van der Waals surface area contributed by atoms with Gasteiger partial charge in [-0.1, -0.05) is 41.6 Å². The van der Waals surface area contributed by atoms with Crippen LogP contribution in [0.4, 0.5) is 0 Å². The zero-order chi connectivity index (χ0) is 28.3. The van der Waals surface area contributed by atoms with E-state index in [4.69, 9.17) is 23.5 Å². The van der Waals surface area contributed by atoms with Crippen LogP contribution in [-0.4, -0.2) is 62.5 Å². The highest BCUT2D eigenvalue weighted by atomic mass is 16.5. The maximum Gasteiger partial charge on any atom is 0.246 e. The molecule has 4 aromatic rings. The predicted octanol–water partition coefficient (Wildman–Crippen LogP) is 5.10.